The topological polar surface area (TPSA) is 66.0 Å². The monoisotopic (exact) mass is 472 g/mol. The van der Waals surface area contributed by atoms with Gasteiger partial charge in [0.25, 0.3) is 5.91 Å². The molecule has 1 aromatic carbocycles. The fraction of sp³-hybridized carbons (Fsp3) is 0.474. The molecule has 7 heteroatoms. The normalized spacial score (nSPS) is 14.1. The van der Waals surface area contributed by atoms with E-state index in [1.165, 1.54) is 5.57 Å². The summed E-state index contributed by atoms with van der Waals surface area (Å²) in [5.74, 6) is 0.792. The summed E-state index contributed by atoms with van der Waals surface area (Å²) < 4.78 is 5.32. The molecule has 0 spiro atoms. The van der Waals surface area contributed by atoms with Gasteiger partial charge in [-0.15, -0.1) is 24.0 Å². The standard InChI is InChI=1S/C19H28N4O2.HI/c1-20-19(21-11-8-15-9-12-25-13-10-15)22-14-16-4-6-17(7-5-16)18(24)23(2)3;/h4-7,9H,8,10-14H2,1-3H3,(H2,20,21,22);1H. The Hall–Kier alpha value is -1.61. The van der Waals surface area contributed by atoms with E-state index in [0.29, 0.717) is 12.1 Å². The highest BCUT2D eigenvalue weighted by molar-refractivity contribution is 14.0. The molecule has 2 N–H and O–H groups in total. The largest absolute Gasteiger partial charge is 0.377 e. The van der Waals surface area contributed by atoms with E-state index in [2.05, 4.69) is 21.7 Å². The number of carbonyl (C=O) groups is 1. The molecule has 0 saturated heterocycles. The highest BCUT2D eigenvalue weighted by atomic mass is 127. The first-order chi connectivity index (χ1) is 12.1. The molecule has 1 heterocycles. The molecule has 0 unspecified atom stereocenters. The summed E-state index contributed by atoms with van der Waals surface area (Å²) in [7, 11) is 5.27. The lowest BCUT2D eigenvalue weighted by atomic mass is 10.1. The van der Waals surface area contributed by atoms with Crippen LogP contribution < -0.4 is 10.6 Å². The van der Waals surface area contributed by atoms with Gasteiger partial charge in [0, 0.05) is 39.8 Å². The number of carbonyl (C=O) groups excluding carboxylic acids is 1. The van der Waals surface area contributed by atoms with Crippen molar-refractivity contribution in [3.05, 3.63) is 47.0 Å². The zero-order chi connectivity index (χ0) is 18.1. The van der Waals surface area contributed by atoms with E-state index in [0.717, 1.165) is 44.1 Å². The first kappa shape index (κ1) is 22.4. The third-order valence-corrected chi connectivity index (χ3v) is 4.09. The molecular formula is C19H29IN4O2. The fourth-order valence-corrected chi connectivity index (χ4v) is 2.56. The third-order valence-electron chi connectivity index (χ3n) is 4.09. The molecule has 0 radical (unpaired) electrons. The third kappa shape index (κ3) is 7.33. The zero-order valence-corrected chi connectivity index (χ0v) is 18.1. The number of amides is 1. The SMILES string of the molecule is CN=C(NCCC1=CCOCC1)NCc1ccc(C(=O)N(C)C)cc1.I. The van der Waals surface area contributed by atoms with Crippen LogP contribution in [0.15, 0.2) is 40.9 Å². The predicted octanol–water partition coefficient (Wildman–Crippen LogP) is 2.41. The van der Waals surface area contributed by atoms with Crippen molar-refractivity contribution in [2.24, 2.45) is 4.99 Å². The van der Waals surface area contributed by atoms with Gasteiger partial charge in [-0.1, -0.05) is 23.8 Å². The molecule has 0 fully saturated rings. The van der Waals surface area contributed by atoms with E-state index in [1.54, 1.807) is 26.0 Å². The number of guanidine groups is 1. The summed E-state index contributed by atoms with van der Waals surface area (Å²) in [4.78, 5) is 17.7. The number of nitrogens with zero attached hydrogens (tertiary/aromatic N) is 2. The van der Waals surface area contributed by atoms with E-state index < -0.39 is 0 Å². The molecule has 0 aromatic heterocycles. The summed E-state index contributed by atoms with van der Waals surface area (Å²) in [5, 5.41) is 6.62. The van der Waals surface area contributed by atoms with Gasteiger partial charge in [0.2, 0.25) is 0 Å². The van der Waals surface area contributed by atoms with Crippen LogP contribution in [-0.2, 0) is 11.3 Å². The number of halogens is 1. The minimum atomic E-state index is 0. The number of aliphatic imine (C=N–C) groups is 1. The second-order valence-corrected chi connectivity index (χ2v) is 6.19. The lowest BCUT2D eigenvalue weighted by Crippen LogP contribution is -2.37. The van der Waals surface area contributed by atoms with Crippen molar-refractivity contribution in [1.29, 1.82) is 0 Å². The van der Waals surface area contributed by atoms with E-state index in [4.69, 9.17) is 4.74 Å². The van der Waals surface area contributed by atoms with Crippen LogP contribution in [-0.4, -0.2) is 57.7 Å². The molecular weight excluding hydrogens is 443 g/mol. The van der Waals surface area contributed by atoms with Gasteiger partial charge < -0.3 is 20.3 Å². The van der Waals surface area contributed by atoms with Crippen LogP contribution in [0.3, 0.4) is 0 Å². The molecule has 0 atom stereocenters. The Labute approximate surface area is 173 Å². The summed E-state index contributed by atoms with van der Waals surface area (Å²) in [6.45, 7) is 3.06. The maximum atomic E-state index is 11.9. The highest BCUT2D eigenvalue weighted by Gasteiger charge is 2.07. The molecule has 1 aliphatic heterocycles. The van der Waals surface area contributed by atoms with Crippen molar-refractivity contribution in [2.75, 3.05) is 40.9 Å². The maximum absolute atomic E-state index is 11.9. The van der Waals surface area contributed by atoms with Crippen molar-refractivity contribution in [1.82, 2.24) is 15.5 Å². The molecule has 6 nitrogen and oxygen atoms in total. The van der Waals surface area contributed by atoms with Gasteiger partial charge in [-0.2, -0.15) is 0 Å². The minimum Gasteiger partial charge on any atom is -0.377 e. The lowest BCUT2D eigenvalue weighted by molar-refractivity contribution is 0.0827. The van der Waals surface area contributed by atoms with Crippen LogP contribution in [0, 0.1) is 0 Å². The van der Waals surface area contributed by atoms with Gasteiger partial charge >= 0.3 is 0 Å². The van der Waals surface area contributed by atoms with Gasteiger partial charge in [0.1, 0.15) is 0 Å². The van der Waals surface area contributed by atoms with Gasteiger partial charge in [-0.25, -0.2) is 0 Å². The average Bonchev–Trinajstić information content (AvgIpc) is 2.65. The fourth-order valence-electron chi connectivity index (χ4n) is 2.56. The zero-order valence-electron chi connectivity index (χ0n) is 15.7. The number of hydrogen-bond acceptors (Lipinski definition) is 3. The molecule has 26 heavy (non-hydrogen) atoms. The van der Waals surface area contributed by atoms with Gasteiger partial charge in [-0.3, -0.25) is 9.79 Å². The van der Waals surface area contributed by atoms with Crippen LogP contribution in [0.4, 0.5) is 0 Å². The molecule has 144 valence electrons. The number of benzene rings is 1. The van der Waals surface area contributed by atoms with E-state index in [-0.39, 0.29) is 29.9 Å². The molecule has 1 amide bonds. The van der Waals surface area contributed by atoms with Crippen LogP contribution in [0.1, 0.15) is 28.8 Å². The van der Waals surface area contributed by atoms with Crippen molar-refractivity contribution in [2.45, 2.75) is 19.4 Å². The van der Waals surface area contributed by atoms with Crippen LogP contribution in [0.2, 0.25) is 0 Å². The van der Waals surface area contributed by atoms with Crippen molar-refractivity contribution in [3.8, 4) is 0 Å². The van der Waals surface area contributed by atoms with Crippen LogP contribution in [0.25, 0.3) is 0 Å². The number of hydrogen-bond donors (Lipinski definition) is 2. The van der Waals surface area contributed by atoms with E-state index >= 15 is 0 Å². The molecule has 1 aliphatic rings. The second-order valence-electron chi connectivity index (χ2n) is 6.19. The number of nitrogens with one attached hydrogen (secondary N) is 2. The smallest absolute Gasteiger partial charge is 0.253 e. The predicted molar refractivity (Wildman–Crippen MR) is 116 cm³/mol. The van der Waals surface area contributed by atoms with Gasteiger partial charge in [0.05, 0.1) is 13.2 Å². The Morgan fingerprint density at radius 3 is 2.54 bits per heavy atom. The molecule has 1 aromatic rings. The summed E-state index contributed by atoms with van der Waals surface area (Å²) in [6.07, 6.45) is 4.19. The average molecular weight is 472 g/mol. The maximum Gasteiger partial charge on any atom is 0.253 e. The Kier molecular flexibility index (Phi) is 10.3. The molecule has 0 saturated carbocycles. The summed E-state index contributed by atoms with van der Waals surface area (Å²) >= 11 is 0. The molecule has 2 rings (SSSR count). The van der Waals surface area contributed by atoms with E-state index in [9.17, 15) is 4.79 Å². The van der Waals surface area contributed by atoms with Crippen molar-refractivity contribution < 1.29 is 9.53 Å². The summed E-state index contributed by atoms with van der Waals surface area (Å²) in [6, 6.07) is 7.63. The number of rotatable bonds is 6. The second kappa shape index (κ2) is 11.9. The summed E-state index contributed by atoms with van der Waals surface area (Å²) in [5.41, 5.74) is 3.24. The van der Waals surface area contributed by atoms with E-state index in [1.807, 2.05) is 24.3 Å². The Balaban J connectivity index is 0.00000338. The quantitative estimate of drug-likeness (QED) is 0.289. The number of ether oxygens (including phenoxy) is 1. The molecule has 0 bridgehead atoms. The molecule has 0 aliphatic carbocycles. The van der Waals surface area contributed by atoms with Crippen molar-refractivity contribution in [3.63, 3.8) is 0 Å². The minimum absolute atomic E-state index is 0. The van der Waals surface area contributed by atoms with Crippen LogP contribution in [0.5, 0.6) is 0 Å². The van der Waals surface area contributed by atoms with Crippen molar-refractivity contribution >= 4 is 35.8 Å². The first-order valence-corrected chi connectivity index (χ1v) is 8.61. The first-order valence-electron chi connectivity index (χ1n) is 8.61. The van der Waals surface area contributed by atoms with Crippen LogP contribution >= 0.6 is 24.0 Å². The van der Waals surface area contributed by atoms with Gasteiger partial charge in [-0.05, 0) is 30.5 Å². The lowest BCUT2D eigenvalue weighted by Gasteiger charge is -2.16. The Morgan fingerprint density at radius 2 is 1.96 bits per heavy atom. The Bertz CT molecular complexity index is 627. The Morgan fingerprint density at radius 1 is 1.23 bits per heavy atom. The highest BCUT2D eigenvalue weighted by Crippen LogP contribution is 2.10. The van der Waals surface area contributed by atoms with Gasteiger partial charge in [0.15, 0.2) is 5.96 Å².